The number of carbonyl (C=O) groups excluding carboxylic acids is 1. The molecule has 0 aliphatic carbocycles. The predicted molar refractivity (Wildman–Crippen MR) is 121 cm³/mol. The van der Waals surface area contributed by atoms with Gasteiger partial charge in [-0.05, 0) is 36.2 Å². The number of nitrogens with zero attached hydrogens (tertiary/aromatic N) is 1. The van der Waals surface area contributed by atoms with Gasteiger partial charge in [0, 0.05) is 31.6 Å². The molecule has 1 aliphatic heterocycles. The number of hydrogen-bond donors (Lipinski definition) is 2. The molecule has 1 aliphatic rings. The van der Waals surface area contributed by atoms with Gasteiger partial charge in [-0.2, -0.15) is 0 Å². The first-order chi connectivity index (χ1) is 15.1. The minimum atomic E-state index is -1.12. The Morgan fingerprint density at radius 3 is 2.65 bits per heavy atom. The molecule has 1 heterocycles. The van der Waals surface area contributed by atoms with E-state index in [4.69, 9.17) is 19.6 Å². The molecule has 0 bridgehead atoms. The van der Waals surface area contributed by atoms with Crippen molar-refractivity contribution in [1.82, 2.24) is 5.32 Å². The molecule has 0 saturated heterocycles. The highest BCUT2D eigenvalue weighted by atomic mass is 16.5. The van der Waals surface area contributed by atoms with Crippen LogP contribution in [0.1, 0.15) is 43.4 Å². The van der Waals surface area contributed by atoms with Gasteiger partial charge in [-0.1, -0.05) is 43.3 Å². The van der Waals surface area contributed by atoms with Crippen molar-refractivity contribution in [2.24, 2.45) is 4.99 Å². The number of carbonyl (C=O) groups is 1. The molecule has 2 N–H and O–H groups in total. The largest absolute Gasteiger partial charge is 0.494 e. The Morgan fingerprint density at radius 2 is 2.00 bits per heavy atom. The normalized spacial score (nSPS) is 19.9. The predicted octanol–water partition coefficient (Wildman–Crippen LogP) is 3.81. The van der Waals surface area contributed by atoms with E-state index in [-0.39, 0.29) is 12.5 Å². The van der Waals surface area contributed by atoms with E-state index in [1.807, 2.05) is 61.5 Å². The minimum absolute atomic E-state index is 0.0923. The van der Waals surface area contributed by atoms with Gasteiger partial charge in [-0.3, -0.25) is 4.79 Å². The van der Waals surface area contributed by atoms with Crippen LogP contribution < -0.4 is 10.1 Å². The zero-order chi connectivity index (χ0) is 22.1. The summed E-state index contributed by atoms with van der Waals surface area (Å²) in [5.74, 6) is 0.958. The maximum Gasteiger partial charge on any atom is 0.252 e. The first-order valence-electron chi connectivity index (χ1n) is 10.7. The molecule has 31 heavy (non-hydrogen) atoms. The molecule has 0 aromatic heterocycles. The Balaban J connectivity index is 1.94. The van der Waals surface area contributed by atoms with E-state index in [1.54, 1.807) is 6.08 Å². The van der Waals surface area contributed by atoms with Crippen molar-refractivity contribution in [3.05, 3.63) is 78.4 Å². The van der Waals surface area contributed by atoms with Gasteiger partial charge in [0.15, 0.2) is 11.6 Å². The standard InChI is InChI=1S/C25H30N2O4/c1-3-15-25(24(29)26-16-4-2)22(19-9-6-5-7-10-19)31-23(27-25)20-11-13-21(14-12-20)30-18-8-17-28/h3,5-7,9-14,22,28H,1,4,8,15-18H2,2H3,(H,26,29)/t22-,25-/m1/s1. The molecule has 3 rings (SSSR count). The lowest BCUT2D eigenvalue weighted by Gasteiger charge is -2.29. The smallest absolute Gasteiger partial charge is 0.252 e. The Hall–Kier alpha value is -3.12. The van der Waals surface area contributed by atoms with Crippen LogP contribution in [0.4, 0.5) is 0 Å². The summed E-state index contributed by atoms with van der Waals surface area (Å²) in [5, 5.41) is 11.9. The van der Waals surface area contributed by atoms with E-state index < -0.39 is 11.6 Å². The fourth-order valence-corrected chi connectivity index (χ4v) is 3.55. The second-order valence-corrected chi connectivity index (χ2v) is 7.45. The third-order valence-corrected chi connectivity index (χ3v) is 5.12. The molecule has 2 atom stereocenters. The lowest BCUT2D eigenvalue weighted by molar-refractivity contribution is -0.128. The van der Waals surface area contributed by atoms with Crippen LogP contribution in [0.5, 0.6) is 5.75 Å². The molecular weight excluding hydrogens is 392 g/mol. The average molecular weight is 423 g/mol. The molecule has 0 saturated carbocycles. The molecule has 0 spiro atoms. The molecule has 6 nitrogen and oxygen atoms in total. The summed E-state index contributed by atoms with van der Waals surface area (Å²) in [6.07, 6.45) is 2.93. The van der Waals surface area contributed by atoms with Crippen molar-refractivity contribution in [3.63, 3.8) is 0 Å². The van der Waals surface area contributed by atoms with Gasteiger partial charge >= 0.3 is 0 Å². The Labute approximate surface area is 183 Å². The molecule has 0 unspecified atom stereocenters. The van der Waals surface area contributed by atoms with E-state index in [0.717, 1.165) is 17.5 Å². The Bertz CT molecular complexity index is 895. The SMILES string of the molecule is C=CC[C@@]1(C(=O)NCCC)N=C(c2ccc(OCCCO)cc2)O[C@@H]1c1ccccc1. The third kappa shape index (κ3) is 5.14. The summed E-state index contributed by atoms with van der Waals surface area (Å²) in [6, 6.07) is 17.1. The summed E-state index contributed by atoms with van der Waals surface area (Å²) < 4.78 is 11.9. The fourth-order valence-electron chi connectivity index (χ4n) is 3.55. The number of aliphatic hydroxyl groups excluding tert-OH is 1. The highest BCUT2D eigenvalue weighted by Crippen LogP contribution is 2.42. The van der Waals surface area contributed by atoms with E-state index >= 15 is 0 Å². The summed E-state index contributed by atoms with van der Waals surface area (Å²) >= 11 is 0. The van der Waals surface area contributed by atoms with Crippen molar-refractivity contribution in [2.45, 2.75) is 37.8 Å². The maximum atomic E-state index is 13.3. The number of benzene rings is 2. The van der Waals surface area contributed by atoms with E-state index in [2.05, 4.69) is 11.9 Å². The number of aliphatic hydroxyl groups is 1. The van der Waals surface area contributed by atoms with Crippen molar-refractivity contribution in [3.8, 4) is 5.75 Å². The van der Waals surface area contributed by atoms with Gasteiger partial charge < -0.3 is 19.9 Å². The number of aliphatic imine (C=N–C) groups is 1. The van der Waals surface area contributed by atoms with Crippen molar-refractivity contribution < 1.29 is 19.4 Å². The van der Waals surface area contributed by atoms with Crippen LogP contribution in [0.25, 0.3) is 0 Å². The van der Waals surface area contributed by atoms with Crippen molar-refractivity contribution in [1.29, 1.82) is 0 Å². The van der Waals surface area contributed by atoms with Crippen LogP contribution in [-0.4, -0.2) is 42.2 Å². The number of nitrogens with one attached hydrogen (secondary N) is 1. The quantitative estimate of drug-likeness (QED) is 0.426. The minimum Gasteiger partial charge on any atom is -0.494 e. The average Bonchev–Trinajstić information content (AvgIpc) is 3.19. The van der Waals surface area contributed by atoms with Crippen molar-refractivity contribution in [2.75, 3.05) is 19.8 Å². The molecule has 164 valence electrons. The third-order valence-electron chi connectivity index (χ3n) is 5.12. The summed E-state index contributed by atoms with van der Waals surface area (Å²) in [5.41, 5.74) is 0.535. The molecule has 2 aromatic rings. The monoisotopic (exact) mass is 422 g/mol. The van der Waals surface area contributed by atoms with Crippen LogP contribution in [0.15, 0.2) is 72.2 Å². The topological polar surface area (TPSA) is 80.2 Å². The van der Waals surface area contributed by atoms with E-state index in [0.29, 0.717) is 37.6 Å². The molecule has 0 radical (unpaired) electrons. The summed E-state index contributed by atoms with van der Waals surface area (Å²) in [4.78, 5) is 18.1. The van der Waals surface area contributed by atoms with Gasteiger partial charge in [-0.15, -0.1) is 6.58 Å². The van der Waals surface area contributed by atoms with E-state index in [1.165, 1.54) is 0 Å². The van der Waals surface area contributed by atoms with Gasteiger partial charge in [-0.25, -0.2) is 4.99 Å². The van der Waals surface area contributed by atoms with Gasteiger partial charge in [0.25, 0.3) is 5.91 Å². The second kappa shape index (κ2) is 10.8. The van der Waals surface area contributed by atoms with E-state index in [9.17, 15) is 4.79 Å². The summed E-state index contributed by atoms with van der Waals surface area (Å²) in [7, 11) is 0. The fraction of sp³-hybridized carbons (Fsp3) is 0.360. The molecule has 6 heteroatoms. The highest BCUT2D eigenvalue weighted by molar-refractivity contribution is 6.01. The second-order valence-electron chi connectivity index (χ2n) is 7.45. The molecule has 1 amide bonds. The number of ether oxygens (including phenoxy) is 2. The van der Waals surface area contributed by atoms with Crippen LogP contribution in [-0.2, 0) is 9.53 Å². The number of amides is 1. The van der Waals surface area contributed by atoms with Crippen LogP contribution in [0.3, 0.4) is 0 Å². The Morgan fingerprint density at radius 1 is 1.26 bits per heavy atom. The van der Waals surface area contributed by atoms with Crippen molar-refractivity contribution >= 4 is 11.8 Å². The van der Waals surface area contributed by atoms with Gasteiger partial charge in [0.05, 0.1) is 6.61 Å². The first kappa shape index (κ1) is 22.6. The zero-order valence-corrected chi connectivity index (χ0v) is 17.9. The lowest BCUT2D eigenvalue weighted by atomic mass is 9.84. The molecule has 2 aromatic carbocycles. The maximum absolute atomic E-state index is 13.3. The first-order valence-corrected chi connectivity index (χ1v) is 10.7. The summed E-state index contributed by atoms with van der Waals surface area (Å²) in [6.45, 7) is 6.99. The van der Waals surface area contributed by atoms with Crippen LogP contribution in [0.2, 0.25) is 0 Å². The van der Waals surface area contributed by atoms with Crippen LogP contribution in [0, 0.1) is 0 Å². The lowest BCUT2D eigenvalue weighted by Crippen LogP contribution is -2.48. The van der Waals surface area contributed by atoms with Gasteiger partial charge in [0.2, 0.25) is 5.90 Å². The van der Waals surface area contributed by atoms with Crippen LogP contribution >= 0.6 is 0 Å². The van der Waals surface area contributed by atoms with Gasteiger partial charge in [0.1, 0.15) is 5.75 Å². The number of hydrogen-bond acceptors (Lipinski definition) is 5. The highest BCUT2D eigenvalue weighted by Gasteiger charge is 2.52. The molecular formula is C25H30N2O4. The Kier molecular flexibility index (Phi) is 7.84. The molecule has 0 fully saturated rings. The zero-order valence-electron chi connectivity index (χ0n) is 17.9. The number of rotatable bonds is 11.